The number of rotatable bonds is 2. The summed E-state index contributed by atoms with van der Waals surface area (Å²) in [4.78, 5) is 13.9. The number of H-pyrrole nitrogens is 1. The largest absolute Gasteiger partial charge is 0.378 e. The van der Waals surface area contributed by atoms with Crippen LogP contribution in [0.5, 0.6) is 0 Å². The van der Waals surface area contributed by atoms with Crippen molar-refractivity contribution in [1.29, 1.82) is 0 Å². The Hall–Kier alpha value is -2.74. The molecule has 8 heteroatoms. The highest BCUT2D eigenvalue weighted by Crippen LogP contribution is 2.27. The highest BCUT2D eigenvalue weighted by molar-refractivity contribution is 5.83. The topological polar surface area (TPSA) is 83.1 Å². The maximum Gasteiger partial charge on any atom is 0.229 e. The lowest BCUT2D eigenvalue weighted by Crippen LogP contribution is -2.38. The van der Waals surface area contributed by atoms with Crippen LogP contribution in [0.3, 0.4) is 0 Å². The highest BCUT2D eigenvalue weighted by atomic mass is 16.5. The first-order valence-corrected chi connectivity index (χ1v) is 8.61. The summed E-state index contributed by atoms with van der Waals surface area (Å²) in [5, 5.41) is 11.1. The van der Waals surface area contributed by atoms with Crippen LogP contribution in [0.15, 0.2) is 24.3 Å². The quantitative estimate of drug-likeness (QED) is 0.751. The molecule has 1 N–H and O–H groups in total. The Kier molecular flexibility index (Phi) is 3.48. The molecule has 0 saturated carbocycles. The van der Waals surface area contributed by atoms with E-state index in [9.17, 15) is 0 Å². The molecule has 3 aromatic rings. The van der Waals surface area contributed by atoms with Gasteiger partial charge in [-0.3, -0.25) is 0 Å². The predicted molar refractivity (Wildman–Crippen MR) is 93.7 cm³/mol. The van der Waals surface area contributed by atoms with Gasteiger partial charge in [0.25, 0.3) is 0 Å². The molecular formula is C17H19N7O. The number of fused-ring (bicyclic) bond motifs is 2. The number of hydrogen-bond donors (Lipinski definition) is 1. The van der Waals surface area contributed by atoms with Crippen LogP contribution in [0.25, 0.3) is 11.2 Å². The molecule has 0 unspecified atom stereocenters. The fraction of sp³-hybridized carbons (Fsp3) is 0.412. The Balaban J connectivity index is 1.53. The van der Waals surface area contributed by atoms with Crippen LogP contribution in [-0.2, 0) is 17.7 Å². The Morgan fingerprint density at radius 3 is 2.64 bits per heavy atom. The zero-order chi connectivity index (χ0) is 16.6. The van der Waals surface area contributed by atoms with E-state index >= 15 is 0 Å². The van der Waals surface area contributed by atoms with Crippen LogP contribution in [-0.4, -0.2) is 58.2 Å². The molecule has 0 bridgehead atoms. The minimum Gasteiger partial charge on any atom is -0.378 e. The summed E-state index contributed by atoms with van der Waals surface area (Å²) in [7, 11) is 0. The van der Waals surface area contributed by atoms with E-state index in [1.807, 2.05) is 0 Å². The average molecular weight is 337 g/mol. The van der Waals surface area contributed by atoms with E-state index in [1.165, 1.54) is 11.1 Å². The molecule has 4 heterocycles. The Morgan fingerprint density at radius 1 is 0.920 bits per heavy atom. The maximum absolute atomic E-state index is 5.46. The molecule has 128 valence electrons. The van der Waals surface area contributed by atoms with Gasteiger partial charge >= 0.3 is 0 Å². The van der Waals surface area contributed by atoms with Crippen molar-refractivity contribution in [3.8, 4) is 0 Å². The molecule has 0 radical (unpaired) electrons. The van der Waals surface area contributed by atoms with Crippen LogP contribution in [0, 0.1) is 0 Å². The molecule has 0 spiro atoms. The van der Waals surface area contributed by atoms with Crippen molar-refractivity contribution >= 4 is 22.9 Å². The predicted octanol–water partition coefficient (Wildman–Crippen LogP) is 1.15. The van der Waals surface area contributed by atoms with Crippen molar-refractivity contribution in [1.82, 2.24) is 25.4 Å². The van der Waals surface area contributed by atoms with Crippen LogP contribution >= 0.6 is 0 Å². The van der Waals surface area contributed by atoms with Crippen molar-refractivity contribution in [2.75, 3.05) is 42.6 Å². The third-order valence-electron chi connectivity index (χ3n) is 4.88. The van der Waals surface area contributed by atoms with Gasteiger partial charge in [0.05, 0.1) is 13.2 Å². The van der Waals surface area contributed by atoms with Crippen molar-refractivity contribution in [2.45, 2.75) is 13.0 Å². The lowest BCUT2D eigenvalue weighted by Gasteiger charge is -2.31. The van der Waals surface area contributed by atoms with Crippen molar-refractivity contribution in [3.63, 3.8) is 0 Å². The summed E-state index contributed by atoms with van der Waals surface area (Å²) >= 11 is 0. The molecule has 1 aromatic carbocycles. The first-order chi connectivity index (χ1) is 12.4. The van der Waals surface area contributed by atoms with Gasteiger partial charge < -0.3 is 14.5 Å². The van der Waals surface area contributed by atoms with Crippen LogP contribution in [0.2, 0.25) is 0 Å². The fourth-order valence-corrected chi connectivity index (χ4v) is 3.52. The second-order valence-corrected chi connectivity index (χ2v) is 6.38. The summed E-state index contributed by atoms with van der Waals surface area (Å²) in [6.07, 6.45) is 1.00. The molecule has 2 aliphatic rings. The summed E-state index contributed by atoms with van der Waals surface area (Å²) in [5.41, 5.74) is 4.09. The van der Waals surface area contributed by atoms with E-state index in [-0.39, 0.29) is 0 Å². The molecular weight excluding hydrogens is 318 g/mol. The monoisotopic (exact) mass is 337 g/mol. The molecule has 2 aliphatic heterocycles. The molecule has 0 amide bonds. The van der Waals surface area contributed by atoms with Crippen LogP contribution in [0.1, 0.15) is 11.1 Å². The Labute approximate surface area is 144 Å². The average Bonchev–Trinajstić information content (AvgIpc) is 3.16. The van der Waals surface area contributed by atoms with Gasteiger partial charge in [-0.15, -0.1) is 5.10 Å². The second kappa shape index (κ2) is 5.96. The first-order valence-electron chi connectivity index (χ1n) is 8.61. The molecule has 1 saturated heterocycles. The number of morpholine rings is 1. The Bertz CT molecular complexity index is 903. The highest BCUT2D eigenvalue weighted by Gasteiger charge is 2.24. The van der Waals surface area contributed by atoms with Gasteiger partial charge in [0.15, 0.2) is 11.3 Å². The third kappa shape index (κ3) is 2.58. The van der Waals surface area contributed by atoms with Crippen molar-refractivity contribution in [2.24, 2.45) is 0 Å². The van der Waals surface area contributed by atoms with Gasteiger partial charge in [0, 0.05) is 26.2 Å². The van der Waals surface area contributed by atoms with Gasteiger partial charge in [0.1, 0.15) is 0 Å². The van der Waals surface area contributed by atoms with E-state index in [0.717, 1.165) is 49.9 Å². The van der Waals surface area contributed by atoms with Crippen molar-refractivity contribution < 1.29 is 4.74 Å². The van der Waals surface area contributed by atoms with Gasteiger partial charge in [0.2, 0.25) is 11.6 Å². The standard InChI is InChI=1S/C17H19N7O/c1-2-4-13-11-24(6-5-12(13)3-1)17-18-15-14(20-22-21-15)16(19-17)23-7-9-25-10-8-23/h1-4H,5-11H2,(H,18,19,20,21,22). The SMILES string of the molecule is c1ccc2c(c1)CCN(c1nc(N3CCOCC3)c3n[nH]nc3n1)C2. The van der Waals surface area contributed by atoms with Gasteiger partial charge in [-0.1, -0.05) is 24.3 Å². The van der Waals surface area contributed by atoms with Gasteiger partial charge in [-0.05, 0) is 17.5 Å². The molecule has 5 rings (SSSR count). The third-order valence-corrected chi connectivity index (χ3v) is 4.88. The number of nitrogens with zero attached hydrogens (tertiary/aromatic N) is 6. The summed E-state index contributed by atoms with van der Waals surface area (Å²) < 4.78 is 5.46. The zero-order valence-electron chi connectivity index (χ0n) is 13.9. The smallest absolute Gasteiger partial charge is 0.229 e. The number of anilines is 2. The summed E-state index contributed by atoms with van der Waals surface area (Å²) in [5.74, 6) is 1.56. The number of aromatic amines is 1. The van der Waals surface area contributed by atoms with E-state index < -0.39 is 0 Å². The molecule has 25 heavy (non-hydrogen) atoms. The maximum atomic E-state index is 5.46. The number of nitrogens with one attached hydrogen (secondary N) is 1. The van der Waals surface area contributed by atoms with E-state index in [2.05, 4.69) is 54.5 Å². The van der Waals surface area contributed by atoms with Crippen LogP contribution < -0.4 is 9.80 Å². The molecule has 2 aromatic heterocycles. The lowest BCUT2D eigenvalue weighted by atomic mass is 10.0. The molecule has 1 fully saturated rings. The number of ether oxygens (including phenoxy) is 1. The summed E-state index contributed by atoms with van der Waals surface area (Å²) in [6.45, 7) is 4.75. The van der Waals surface area contributed by atoms with E-state index in [4.69, 9.17) is 9.72 Å². The molecule has 0 aliphatic carbocycles. The Morgan fingerprint density at radius 2 is 1.76 bits per heavy atom. The van der Waals surface area contributed by atoms with E-state index in [1.54, 1.807) is 0 Å². The molecule has 8 nitrogen and oxygen atoms in total. The number of benzene rings is 1. The zero-order valence-corrected chi connectivity index (χ0v) is 13.9. The lowest BCUT2D eigenvalue weighted by molar-refractivity contribution is 0.122. The summed E-state index contributed by atoms with van der Waals surface area (Å²) in [6, 6.07) is 8.57. The van der Waals surface area contributed by atoms with Crippen LogP contribution in [0.4, 0.5) is 11.8 Å². The first kappa shape index (κ1) is 14.6. The number of aromatic nitrogens is 5. The molecule has 0 atom stereocenters. The normalized spacial score (nSPS) is 17.8. The van der Waals surface area contributed by atoms with Gasteiger partial charge in [-0.2, -0.15) is 20.3 Å². The fourth-order valence-electron chi connectivity index (χ4n) is 3.52. The van der Waals surface area contributed by atoms with Gasteiger partial charge in [-0.25, -0.2) is 0 Å². The minimum absolute atomic E-state index is 0.616. The second-order valence-electron chi connectivity index (χ2n) is 6.38. The minimum atomic E-state index is 0.616. The van der Waals surface area contributed by atoms with Crippen molar-refractivity contribution in [3.05, 3.63) is 35.4 Å². The number of hydrogen-bond acceptors (Lipinski definition) is 7. The van der Waals surface area contributed by atoms with E-state index in [0.29, 0.717) is 18.9 Å².